The van der Waals surface area contributed by atoms with E-state index in [1.807, 2.05) is 29.8 Å². The van der Waals surface area contributed by atoms with Crippen LogP contribution in [0.2, 0.25) is 5.02 Å². The van der Waals surface area contributed by atoms with Crippen LogP contribution in [0.3, 0.4) is 0 Å². The summed E-state index contributed by atoms with van der Waals surface area (Å²) < 4.78 is 13.9. The van der Waals surface area contributed by atoms with Gasteiger partial charge in [0.1, 0.15) is 18.1 Å². The third kappa shape index (κ3) is 5.75. The minimum Gasteiger partial charge on any atom is -0.491 e. The number of halogens is 1. The maximum Gasteiger partial charge on any atom is 0.181 e. The van der Waals surface area contributed by atoms with E-state index in [1.165, 1.54) is 12.8 Å². The van der Waals surface area contributed by atoms with Crippen LogP contribution in [0.1, 0.15) is 38.8 Å². The van der Waals surface area contributed by atoms with Gasteiger partial charge in [-0.25, -0.2) is 9.97 Å². The van der Waals surface area contributed by atoms with Gasteiger partial charge in [-0.3, -0.25) is 9.58 Å². The second-order valence-corrected chi connectivity index (χ2v) is 10.6. The van der Waals surface area contributed by atoms with Crippen molar-refractivity contribution in [1.29, 1.82) is 0 Å². The van der Waals surface area contributed by atoms with E-state index in [0.29, 0.717) is 58.8 Å². The fourth-order valence-corrected chi connectivity index (χ4v) is 4.93. The second kappa shape index (κ2) is 11.2. The summed E-state index contributed by atoms with van der Waals surface area (Å²) in [7, 11) is 0. The summed E-state index contributed by atoms with van der Waals surface area (Å²) in [5.74, 6) is 1.58. The number of aromatic nitrogens is 5. The van der Waals surface area contributed by atoms with E-state index in [9.17, 15) is 5.11 Å². The Morgan fingerprint density at radius 2 is 1.84 bits per heavy atom. The van der Waals surface area contributed by atoms with Crippen LogP contribution in [-0.4, -0.2) is 66.8 Å². The Kier molecular flexibility index (Phi) is 7.78. The summed E-state index contributed by atoms with van der Waals surface area (Å²) in [6, 6.07) is 7.42. The number of hydrogen-bond donors (Lipinski definition) is 1. The predicted molar refractivity (Wildman–Crippen MR) is 146 cm³/mol. The van der Waals surface area contributed by atoms with Crippen molar-refractivity contribution in [2.24, 2.45) is 0 Å². The van der Waals surface area contributed by atoms with Crippen LogP contribution in [0.5, 0.6) is 5.75 Å². The molecular weight excluding hydrogens is 504 g/mol. The maximum absolute atomic E-state index is 10.2. The zero-order chi connectivity index (χ0) is 26.7. The summed E-state index contributed by atoms with van der Waals surface area (Å²) in [4.78, 5) is 11.4. The van der Waals surface area contributed by atoms with Gasteiger partial charge in [-0.2, -0.15) is 5.10 Å². The third-order valence-corrected chi connectivity index (χ3v) is 7.24. The molecule has 0 atom stereocenters. The van der Waals surface area contributed by atoms with Crippen LogP contribution < -0.4 is 4.74 Å². The monoisotopic (exact) mass is 536 g/mol. The van der Waals surface area contributed by atoms with Gasteiger partial charge in [0.25, 0.3) is 0 Å². The molecule has 1 saturated heterocycles. The molecule has 10 heteroatoms. The van der Waals surface area contributed by atoms with Crippen molar-refractivity contribution in [3.8, 4) is 39.7 Å². The summed E-state index contributed by atoms with van der Waals surface area (Å²) in [6.07, 6.45) is 8.16. The first kappa shape index (κ1) is 26.3. The van der Waals surface area contributed by atoms with Crippen LogP contribution in [0.25, 0.3) is 34.0 Å². The lowest BCUT2D eigenvalue weighted by Crippen LogP contribution is -2.25. The highest BCUT2D eigenvalue weighted by Crippen LogP contribution is 2.43. The highest BCUT2D eigenvalue weighted by Gasteiger charge is 2.27. The van der Waals surface area contributed by atoms with Gasteiger partial charge >= 0.3 is 0 Å². The van der Waals surface area contributed by atoms with E-state index in [-0.39, 0.29) is 0 Å². The zero-order valence-corrected chi connectivity index (χ0v) is 22.8. The molecule has 5 rings (SSSR count). The summed E-state index contributed by atoms with van der Waals surface area (Å²) >= 11 is 6.87. The van der Waals surface area contributed by atoms with Crippen molar-refractivity contribution in [1.82, 2.24) is 29.8 Å². The van der Waals surface area contributed by atoms with Crippen LogP contribution in [0.4, 0.5) is 0 Å². The lowest BCUT2D eigenvalue weighted by atomic mass is 10.0. The quantitative estimate of drug-likeness (QED) is 0.293. The van der Waals surface area contributed by atoms with Crippen molar-refractivity contribution in [2.45, 2.75) is 52.2 Å². The van der Waals surface area contributed by atoms with E-state index in [0.717, 1.165) is 30.9 Å². The van der Waals surface area contributed by atoms with Gasteiger partial charge in [0, 0.05) is 36.7 Å². The fraction of sp³-hybridized carbons (Fsp3) is 0.429. The zero-order valence-electron chi connectivity index (χ0n) is 22.0. The topological polar surface area (TPSA) is 102 Å². The molecule has 0 radical (unpaired) electrons. The molecule has 9 nitrogen and oxygen atoms in total. The van der Waals surface area contributed by atoms with Gasteiger partial charge in [-0.05, 0) is 65.3 Å². The van der Waals surface area contributed by atoms with E-state index >= 15 is 0 Å². The maximum atomic E-state index is 10.2. The van der Waals surface area contributed by atoms with Crippen molar-refractivity contribution in [2.75, 3.05) is 26.2 Å². The van der Waals surface area contributed by atoms with Crippen LogP contribution in [-0.2, 0) is 6.54 Å². The molecule has 200 valence electrons. The minimum atomic E-state index is -0.792. The first-order chi connectivity index (χ1) is 18.3. The number of rotatable bonds is 10. The molecule has 1 aliphatic heterocycles. The normalized spacial score (nSPS) is 14.3. The number of hydrogen-bond acceptors (Lipinski definition) is 8. The number of ether oxygens (including phenoxy) is 1. The molecule has 0 aliphatic carbocycles. The Morgan fingerprint density at radius 3 is 2.58 bits per heavy atom. The van der Waals surface area contributed by atoms with Gasteiger partial charge in [-0.1, -0.05) is 28.9 Å². The number of benzene rings is 1. The van der Waals surface area contributed by atoms with E-state index in [1.54, 1.807) is 38.5 Å². The number of aliphatic hydroxyl groups is 1. The molecule has 4 heterocycles. The van der Waals surface area contributed by atoms with Gasteiger partial charge in [0.05, 0.1) is 27.9 Å². The summed E-state index contributed by atoms with van der Waals surface area (Å²) in [5.41, 5.74) is 2.71. The van der Waals surface area contributed by atoms with Crippen molar-refractivity contribution < 1.29 is 14.4 Å². The first-order valence-corrected chi connectivity index (χ1v) is 13.4. The Labute approximate surface area is 227 Å². The van der Waals surface area contributed by atoms with E-state index < -0.39 is 5.60 Å². The van der Waals surface area contributed by atoms with Crippen LogP contribution in [0.15, 0.2) is 47.4 Å². The highest BCUT2D eigenvalue weighted by molar-refractivity contribution is 6.35. The molecule has 1 fully saturated rings. The number of likely N-dealkylation sites (tertiary alicyclic amines) is 1. The van der Waals surface area contributed by atoms with Crippen molar-refractivity contribution >= 4 is 11.6 Å². The van der Waals surface area contributed by atoms with E-state index in [2.05, 4.69) is 25.1 Å². The molecule has 1 aliphatic rings. The minimum absolute atomic E-state index is 0.462. The molecule has 0 saturated carbocycles. The number of nitrogens with zero attached hydrogens (tertiary/aromatic N) is 6. The molecule has 1 aromatic carbocycles. The highest BCUT2D eigenvalue weighted by atomic mass is 35.5. The third-order valence-electron chi connectivity index (χ3n) is 6.85. The van der Waals surface area contributed by atoms with Crippen molar-refractivity contribution in [3.05, 3.63) is 53.6 Å². The van der Waals surface area contributed by atoms with Gasteiger partial charge < -0.3 is 14.4 Å². The Balaban J connectivity index is 1.50. The number of aryl methyl sites for hydroxylation is 1. The Morgan fingerprint density at radius 1 is 1.08 bits per heavy atom. The molecule has 4 aromatic rings. The second-order valence-electron chi connectivity index (χ2n) is 10.3. The lowest BCUT2D eigenvalue weighted by molar-refractivity contribution is 0.0649. The molecule has 0 bridgehead atoms. The smallest absolute Gasteiger partial charge is 0.181 e. The van der Waals surface area contributed by atoms with Crippen LogP contribution >= 0.6 is 11.6 Å². The molecule has 0 spiro atoms. The Hall–Kier alpha value is -3.27. The first-order valence-electron chi connectivity index (χ1n) is 13.0. The SMILES string of the molecule is Cc1c(-c2onc(-c3cccc(OCCN4CCCC4)c3Cl)c2-c2ncccn2)cnn1CCC(C)(C)O. The van der Waals surface area contributed by atoms with Gasteiger partial charge in [0.2, 0.25) is 0 Å². The van der Waals surface area contributed by atoms with E-state index in [4.69, 9.17) is 20.9 Å². The molecule has 3 aromatic heterocycles. The molecular formula is C28H33ClN6O3. The standard InChI is InChI=1S/C28H33ClN6O3/c1-19-21(18-32-35(19)15-10-28(2,3)36)26-23(27-30-11-7-12-31-27)25(33-38-26)20-8-6-9-22(24(20)29)37-17-16-34-13-4-5-14-34/h6-9,11-12,18,36H,4-5,10,13-17H2,1-3H3. The largest absolute Gasteiger partial charge is 0.491 e. The molecule has 0 unspecified atom stereocenters. The molecule has 1 N–H and O–H groups in total. The Bertz CT molecular complexity index is 1370. The van der Waals surface area contributed by atoms with Gasteiger partial charge in [0.15, 0.2) is 11.6 Å². The predicted octanol–water partition coefficient (Wildman–Crippen LogP) is 5.26. The average Bonchev–Trinajstić information content (AvgIpc) is 3.64. The summed E-state index contributed by atoms with van der Waals surface area (Å²) in [5, 5.41) is 19.6. The fourth-order valence-electron chi connectivity index (χ4n) is 4.66. The van der Waals surface area contributed by atoms with Crippen molar-refractivity contribution in [3.63, 3.8) is 0 Å². The van der Waals surface area contributed by atoms with Gasteiger partial charge in [-0.15, -0.1) is 0 Å². The summed E-state index contributed by atoms with van der Waals surface area (Å²) in [6.45, 7) is 9.77. The molecule has 38 heavy (non-hydrogen) atoms. The lowest BCUT2D eigenvalue weighted by Gasteiger charge is -2.17. The average molecular weight is 537 g/mol. The van der Waals surface area contributed by atoms with Crippen LogP contribution in [0, 0.1) is 6.92 Å². The molecule has 0 amide bonds.